The molecule has 9 heteroatoms. The maximum Gasteiger partial charge on any atom is 0.419 e. The van der Waals surface area contributed by atoms with Gasteiger partial charge in [0.25, 0.3) is 0 Å². The molecule has 1 aliphatic heterocycles. The molecule has 0 saturated carbocycles. The SMILES string of the molecule is CNC(=O)[C@@H]1CN(C(=O)CCn2c(=O)oc3ccc(C)cc32)CCN1C(C)=O. The summed E-state index contributed by atoms with van der Waals surface area (Å²) in [6.45, 7) is 4.30. The Morgan fingerprint density at radius 1 is 1.25 bits per heavy atom. The third-order valence-electron chi connectivity index (χ3n) is 5.06. The van der Waals surface area contributed by atoms with Crippen molar-refractivity contribution < 1.29 is 18.8 Å². The number of piperazine rings is 1. The molecule has 28 heavy (non-hydrogen) atoms. The van der Waals surface area contributed by atoms with Crippen molar-refractivity contribution in [1.29, 1.82) is 0 Å². The van der Waals surface area contributed by atoms with Gasteiger partial charge in [0.15, 0.2) is 5.58 Å². The number of carbonyl (C=O) groups is 3. The van der Waals surface area contributed by atoms with Crippen molar-refractivity contribution in [2.75, 3.05) is 26.7 Å². The number of nitrogens with zero attached hydrogens (tertiary/aromatic N) is 3. The lowest BCUT2D eigenvalue weighted by atomic mass is 10.1. The fourth-order valence-electron chi connectivity index (χ4n) is 3.53. The van der Waals surface area contributed by atoms with Gasteiger partial charge in [0.2, 0.25) is 17.7 Å². The smallest absolute Gasteiger partial charge is 0.408 e. The first-order chi connectivity index (χ1) is 13.3. The quantitative estimate of drug-likeness (QED) is 0.800. The number of aryl methyl sites for hydroxylation is 2. The van der Waals surface area contributed by atoms with Crippen LogP contribution in [-0.2, 0) is 20.9 Å². The lowest BCUT2D eigenvalue weighted by Crippen LogP contribution is -2.60. The highest BCUT2D eigenvalue weighted by molar-refractivity contribution is 5.88. The molecule has 1 saturated heterocycles. The molecular formula is C19H24N4O5. The number of benzene rings is 1. The van der Waals surface area contributed by atoms with Gasteiger partial charge in [-0.3, -0.25) is 19.0 Å². The molecule has 0 bridgehead atoms. The molecule has 3 amide bonds. The van der Waals surface area contributed by atoms with Gasteiger partial charge < -0.3 is 19.5 Å². The van der Waals surface area contributed by atoms with Gasteiger partial charge in [0.05, 0.1) is 12.1 Å². The van der Waals surface area contributed by atoms with Gasteiger partial charge in [-0.15, -0.1) is 0 Å². The van der Waals surface area contributed by atoms with Crippen LogP contribution in [0.15, 0.2) is 27.4 Å². The van der Waals surface area contributed by atoms with Crippen molar-refractivity contribution in [2.24, 2.45) is 0 Å². The predicted octanol–water partition coefficient (Wildman–Crippen LogP) is 0.0983. The van der Waals surface area contributed by atoms with Gasteiger partial charge in [-0.05, 0) is 24.6 Å². The van der Waals surface area contributed by atoms with E-state index in [4.69, 9.17) is 4.42 Å². The minimum Gasteiger partial charge on any atom is -0.408 e. The van der Waals surface area contributed by atoms with Crippen LogP contribution in [0.1, 0.15) is 18.9 Å². The van der Waals surface area contributed by atoms with E-state index in [1.54, 1.807) is 11.0 Å². The molecule has 0 spiro atoms. The highest BCUT2D eigenvalue weighted by Crippen LogP contribution is 2.16. The molecular weight excluding hydrogens is 364 g/mol. The van der Waals surface area contributed by atoms with E-state index < -0.39 is 11.8 Å². The van der Waals surface area contributed by atoms with Crippen LogP contribution < -0.4 is 11.1 Å². The van der Waals surface area contributed by atoms with Crippen molar-refractivity contribution >= 4 is 28.8 Å². The zero-order chi connectivity index (χ0) is 20.4. The second-order valence-electron chi connectivity index (χ2n) is 6.92. The molecule has 0 aliphatic carbocycles. The van der Waals surface area contributed by atoms with Gasteiger partial charge in [-0.1, -0.05) is 6.07 Å². The molecule has 9 nitrogen and oxygen atoms in total. The lowest BCUT2D eigenvalue weighted by molar-refractivity contribution is -0.147. The predicted molar refractivity (Wildman–Crippen MR) is 102 cm³/mol. The molecule has 0 unspecified atom stereocenters. The van der Waals surface area contributed by atoms with Crippen LogP contribution in [-0.4, -0.2) is 64.8 Å². The second-order valence-corrected chi connectivity index (χ2v) is 6.92. The van der Waals surface area contributed by atoms with E-state index in [1.807, 2.05) is 19.1 Å². The zero-order valence-electron chi connectivity index (χ0n) is 16.2. The van der Waals surface area contributed by atoms with E-state index >= 15 is 0 Å². The van der Waals surface area contributed by atoms with Crippen LogP contribution in [0.5, 0.6) is 0 Å². The van der Waals surface area contributed by atoms with Crippen molar-refractivity contribution in [3.8, 4) is 0 Å². The van der Waals surface area contributed by atoms with Crippen molar-refractivity contribution in [3.05, 3.63) is 34.3 Å². The van der Waals surface area contributed by atoms with Gasteiger partial charge in [0.1, 0.15) is 6.04 Å². The van der Waals surface area contributed by atoms with E-state index in [0.717, 1.165) is 5.56 Å². The first kappa shape index (κ1) is 19.7. The van der Waals surface area contributed by atoms with Gasteiger partial charge in [0, 0.05) is 40.0 Å². The fourth-order valence-corrected chi connectivity index (χ4v) is 3.53. The van der Waals surface area contributed by atoms with Crippen LogP contribution in [0.4, 0.5) is 0 Å². The van der Waals surface area contributed by atoms with Crippen molar-refractivity contribution in [1.82, 2.24) is 19.7 Å². The summed E-state index contributed by atoms with van der Waals surface area (Å²) in [6, 6.07) is 4.73. The van der Waals surface area contributed by atoms with E-state index in [-0.39, 0.29) is 37.2 Å². The summed E-state index contributed by atoms with van der Waals surface area (Å²) in [5.41, 5.74) is 2.13. The Morgan fingerprint density at radius 2 is 2.00 bits per heavy atom. The largest absolute Gasteiger partial charge is 0.419 e. The number of hydrogen-bond donors (Lipinski definition) is 1. The molecule has 150 valence electrons. The van der Waals surface area contributed by atoms with E-state index in [0.29, 0.717) is 24.2 Å². The summed E-state index contributed by atoms with van der Waals surface area (Å²) in [5, 5.41) is 2.54. The number of nitrogens with one attached hydrogen (secondary N) is 1. The summed E-state index contributed by atoms with van der Waals surface area (Å²) < 4.78 is 6.67. The molecule has 1 aromatic heterocycles. The number of rotatable bonds is 4. The number of hydrogen-bond acceptors (Lipinski definition) is 5. The fraction of sp³-hybridized carbons (Fsp3) is 0.474. The standard InChI is InChI=1S/C19H24N4O5/c1-12-4-5-16-14(10-12)23(19(27)28-16)7-6-17(25)21-8-9-22(13(2)24)15(11-21)18(26)20-3/h4-5,10,15H,6-9,11H2,1-3H3,(H,20,26)/t15-/m0/s1. The maximum atomic E-state index is 12.7. The molecule has 1 aliphatic rings. The Bertz CT molecular complexity index is 976. The Labute approximate surface area is 161 Å². The van der Waals surface area contributed by atoms with Crippen LogP contribution in [0, 0.1) is 6.92 Å². The molecule has 1 atom stereocenters. The highest BCUT2D eigenvalue weighted by atomic mass is 16.4. The molecule has 1 fully saturated rings. The number of aromatic nitrogens is 1. The van der Waals surface area contributed by atoms with E-state index in [1.165, 1.54) is 23.4 Å². The lowest BCUT2D eigenvalue weighted by Gasteiger charge is -2.40. The summed E-state index contributed by atoms with van der Waals surface area (Å²) in [7, 11) is 1.50. The van der Waals surface area contributed by atoms with Gasteiger partial charge in [-0.25, -0.2) is 4.79 Å². The number of carbonyl (C=O) groups excluding carboxylic acids is 3. The second kappa shape index (κ2) is 7.87. The Balaban J connectivity index is 1.71. The normalized spacial score (nSPS) is 17.0. The number of likely N-dealkylation sites (N-methyl/N-ethyl adjacent to an activating group) is 1. The number of oxazole rings is 1. The topological polar surface area (TPSA) is 105 Å². The molecule has 0 radical (unpaired) electrons. The molecule has 1 N–H and O–H groups in total. The molecule has 3 rings (SSSR count). The monoisotopic (exact) mass is 388 g/mol. The van der Waals surface area contributed by atoms with Gasteiger partial charge in [-0.2, -0.15) is 0 Å². The Kier molecular flexibility index (Phi) is 5.53. The minimum atomic E-state index is -0.708. The third kappa shape index (κ3) is 3.78. The van der Waals surface area contributed by atoms with Crippen molar-refractivity contribution in [3.63, 3.8) is 0 Å². The summed E-state index contributed by atoms with van der Waals surface area (Å²) in [4.78, 5) is 51.7. The Morgan fingerprint density at radius 3 is 2.68 bits per heavy atom. The summed E-state index contributed by atoms with van der Waals surface area (Å²) in [6.07, 6.45) is 0.100. The first-order valence-electron chi connectivity index (χ1n) is 9.18. The minimum absolute atomic E-state index is 0.100. The van der Waals surface area contributed by atoms with Crippen LogP contribution in [0.2, 0.25) is 0 Å². The average Bonchev–Trinajstić information content (AvgIpc) is 2.99. The molecule has 2 aromatic rings. The maximum absolute atomic E-state index is 12.7. The van der Waals surface area contributed by atoms with Crippen LogP contribution in [0.25, 0.3) is 11.1 Å². The first-order valence-corrected chi connectivity index (χ1v) is 9.18. The van der Waals surface area contributed by atoms with Crippen molar-refractivity contribution in [2.45, 2.75) is 32.9 Å². The van der Waals surface area contributed by atoms with Crippen LogP contribution >= 0.6 is 0 Å². The van der Waals surface area contributed by atoms with Crippen LogP contribution in [0.3, 0.4) is 0 Å². The average molecular weight is 388 g/mol. The zero-order valence-corrected chi connectivity index (χ0v) is 16.2. The summed E-state index contributed by atoms with van der Waals surface area (Å²) >= 11 is 0. The summed E-state index contributed by atoms with van der Waals surface area (Å²) in [5.74, 6) is -1.18. The number of fused-ring (bicyclic) bond motifs is 1. The number of amides is 3. The van der Waals surface area contributed by atoms with E-state index in [9.17, 15) is 19.2 Å². The molecule has 1 aromatic carbocycles. The third-order valence-corrected chi connectivity index (χ3v) is 5.06. The Hall–Kier alpha value is -3.10. The van der Waals surface area contributed by atoms with Gasteiger partial charge >= 0.3 is 5.76 Å². The highest BCUT2D eigenvalue weighted by Gasteiger charge is 2.35. The molecule has 2 heterocycles. The van der Waals surface area contributed by atoms with E-state index in [2.05, 4.69) is 5.32 Å².